The second kappa shape index (κ2) is 8.91. The SMILES string of the molecule is Cc1ccc(C(=O)N2CCC(C(=O)N3CCN(c4cc(C)nc(N)n4)CC3)CC2)cc1. The molecular weight excluding hydrogens is 392 g/mol. The van der Waals surface area contributed by atoms with Crippen molar-refractivity contribution in [2.45, 2.75) is 26.7 Å². The van der Waals surface area contributed by atoms with E-state index in [9.17, 15) is 9.59 Å². The van der Waals surface area contributed by atoms with Gasteiger partial charge in [0.05, 0.1) is 0 Å². The molecule has 0 aliphatic carbocycles. The molecule has 2 aliphatic heterocycles. The number of hydrogen-bond acceptors (Lipinski definition) is 6. The number of aryl methyl sites for hydroxylation is 2. The molecule has 1 aromatic carbocycles. The number of nitrogen functional groups attached to an aromatic ring is 1. The smallest absolute Gasteiger partial charge is 0.253 e. The van der Waals surface area contributed by atoms with E-state index < -0.39 is 0 Å². The molecule has 2 fully saturated rings. The number of piperidine rings is 1. The fourth-order valence-corrected chi connectivity index (χ4v) is 4.36. The van der Waals surface area contributed by atoms with Gasteiger partial charge >= 0.3 is 0 Å². The average molecular weight is 423 g/mol. The van der Waals surface area contributed by atoms with E-state index >= 15 is 0 Å². The van der Waals surface area contributed by atoms with Gasteiger partial charge in [-0.3, -0.25) is 9.59 Å². The van der Waals surface area contributed by atoms with Gasteiger partial charge in [0.25, 0.3) is 5.91 Å². The molecule has 0 spiro atoms. The molecule has 2 saturated heterocycles. The molecule has 4 rings (SSSR count). The molecular formula is C23H30N6O2. The van der Waals surface area contributed by atoms with Crippen LogP contribution in [0.5, 0.6) is 0 Å². The molecule has 3 heterocycles. The third kappa shape index (κ3) is 4.78. The summed E-state index contributed by atoms with van der Waals surface area (Å²) in [5.41, 5.74) is 8.47. The molecule has 2 aromatic rings. The number of carbonyl (C=O) groups excluding carboxylic acids is 2. The van der Waals surface area contributed by atoms with Crippen LogP contribution in [0, 0.1) is 19.8 Å². The zero-order valence-corrected chi connectivity index (χ0v) is 18.3. The molecule has 0 bridgehead atoms. The summed E-state index contributed by atoms with van der Waals surface area (Å²) >= 11 is 0. The summed E-state index contributed by atoms with van der Waals surface area (Å²) in [5, 5.41) is 0. The van der Waals surface area contributed by atoms with E-state index in [1.54, 1.807) is 0 Å². The summed E-state index contributed by atoms with van der Waals surface area (Å²) in [6, 6.07) is 9.59. The standard InChI is InChI=1S/C23H30N6O2/c1-16-3-5-18(6-4-16)21(30)28-9-7-19(8-10-28)22(31)29-13-11-27(12-14-29)20-15-17(2)25-23(24)26-20/h3-6,15,19H,7-14H2,1-2H3,(H2,24,25,26). The summed E-state index contributed by atoms with van der Waals surface area (Å²) in [4.78, 5) is 40.2. The van der Waals surface area contributed by atoms with E-state index in [1.807, 2.05) is 54.0 Å². The topological polar surface area (TPSA) is 95.7 Å². The fourth-order valence-electron chi connectivity index (χ4n) is 4.36. The Kier molecular flexibility index (Phi) is 6.06. The Morgan fingerprint density at radius 1 is 0.903 bits per heavy atom. The summed E-state index contributed by atoms with van der Waals surface area (Å²) in [5.74, 6) is 1.35. The molecule has 2 N–H and O–H groups in total. The number of rotatable bonds is 3. The quantitative estimate of drug-likeness (QED) is 0.811. The number of carbonyl (C=O) groups is 2. The third-order valence-corrected chi connectivity index (χ3v) is 6.20. The van der Waals surface area contributed by atoms with Crippen LogP contribution >= 0.6 is 0 Å². The molecule has 2 aliphatic rings. The predicted octanol–water partition coefficient (Wildman–Crippen LogP) is 1.88. The normalized spacial score (nSPS) is 17.7. The highest BCUT2D eigenvalue weighted by atomic mass is 16.2. The van der Waals surface area contributed by atoms with Crippen LogP contribution < -0.4 is 10.6 Å². The Bertz CT molecular complexity index is 925. The number of amides is 2. The Balaban J connectivity index is 1.28. The van der Waals surface area contributed by atoms with Crippen molar-refractivity contribution in [1.29, 1.82) is 0 Å². The number of hydrogen-bond donors (Lipinski definition) is 1. The first-order chi connectivity index (χ1) is 14.9. The molecule has 0 saturated carbocycles. The minimum Gasteiger partial charge on any atom is -0.368 e. The van der Waals surface area contributed by atoms with Gasteiger partial charge in [0, 0.05) is 62.5 Å². The van der Waals surface area contributed by atoms with Gasteiger partial charge in [0.2, 0.25) is 11.9 Å². The highest BCUT2D eigenvalue weighted by molar-refractivity contribution is 5.94. The van der Waals surface area contributed by atoms with Gasteiger partial charge in [0.1, 0.15) is 5.82 Å². The zero-order valence-electron chi connectivity index (χ0n) is 18.3. The van der Waals surface area contributed by atoms with Crippen molar-refractivity contribution in [3.8, 4) is 0 Å². The van der Waals surface area contributed by atoms with E-state index in [0.717, 1.165) is 43.0 Å². The number of piperazine rings is 1. The first-order valence-corrected chi connectivity index (χ1v) is 10.9. The molecule has 31 heavy (non-hydrogen) atoms. The Labute approximate surface area is 183 Å². The summed E-state index contributed by atoms with van der Waals surface area (Å²) in [7, 11) is 0. The molecule has 0 unspecified atom stereocenters. The van der Waals surface area contributed by atoms with Crippen LogP contribution in [-0.2, 0) is 4.79 Å². The maximum atomic E-state index is 13.0. The van der Waals surface area contributed by atoms with Gasteiger partial charge in [-0.05, 0) is 38.8 Å². The van der Waals surface area contributed by atoms with Crippen molar-refractivity contribution in [1.82, 2.24) is 19.8 Å². The van der Waals surface area contributed by atoms with E-state index in [2.05, 4.69) is 14.9 Å². The molecule has 2 amide bonds. The van der Waals surface area contributed by atoms with Crippen LogP contribution in [0.15, 0.2) is 30.3 Å². The van der Waals surface area contributed by atoms with Crippen molar-refractivity contribution in [3.05, 3.63) is 47.2 Å². The van der Waals surface area contributed by atoms with E-state index in [-0.39, 0.29) is 23.7 Å². The number of anilines is 2. The zero-order chi connectivity index (χ0) is 22.0. The minimum absolute atomic E-state index is 0.00874. The Morgan fingerprint density at radius 3 is 2.16 bits per heavy atom. The lowest BCUT2D eigenvalue weighted by atomic mass is 9.94. The number of benzene rings is 1. The lowest BCUT2D eigenvalue weighted by Gasteiger charge is -2.39. The molecule has 8 heteroatoms. The maximum Gasteiger partial charge on any atom is 0.253 e. The number of likely N-dealkylation sites (tertiary alicyclic amines) is 1. The largest absolute Gasteiger partial charge is 0.368 e. The average Bonchev–Trinajstić information content (AvgIpc) is 2.78. The lowest BCUT2D eigenvalue weighted by molar-refractivity contribution is -0.137. The minimum atomic E-state index is -0.00874. The lowest BCUT2D eigenvalue weighted by Crippen LogP contribution is -2.52. The van der Waals surface area contributed by atoms with Crippen LogP contribution in [0.4, 0.5) is 11.8 Å². The summed E-state index contributed by atoms with van der Waals surface area (Å²) in [6.07, 6.45) is 1.44. The molecule has 0 atom stereocenters. The van der Waals surface area contributed by atoms with Crippen LogP contribution in [0.1, 0.15) is 34.5 Å². The Hall–Kier alpha value is -3.16. The van der Waals surface area contributed by atoms with Crippen molar-refractivity contribution in [2.24, 2.45) is 5.92 Å². The summed E-state index contributed by atoms with van der Waals surface area (Å²) < 4.78 is 0. The van der Waals surface area contributed by atoms with Crippen LogP contribution in [0.2, 0.25) is 0 Å². The maximum absolute atomic E-state index is 13.0. The van der Waals surface area contributed by atoms with Gasteiger partial charge in [-0.15, -0.1) is 0 Å². The molecule has 8 nitrogen and oxygen atoms in total. The van der Waals surface area contributed by atoms with Crippen LogP contribution in [0.25, 0.3) is 0 Å². The van der Waals surface area contributed by atoms with E-state index in [0.29, 0.717) is 31.7 Å². The van der Waals surface area contributed by atoms with Gasteiger partial charge < -0.3 is 20.4 Å². The van der Waals surface area contributed by atoms with Gasteiger partial charge in [-0.25, -0.2) is 4.98 Å². The van der Waals surface area contributed by atoms with Gasteiger partial charge in [-0.1, -0.05) is 17.7 Å². The first kappa shape index (κ1) is 21.1. The second-order valence-electron chi connectivity index (χ2n) is 8.47. The van der Waals surface area contributed by atoms with Crippen molar-refractivity contribution in [2.75, 3.05) is 49.9 Å². The van der Waals surface area contributed by atoms with E-state index in [1.165, 1.54) is 0 Å². The molecule has 1 aromatic heterocycles. The number of nitrogens with zero attached hydrogens (tertiary/aromatic N) is 5. The van der Waals surface area contributed by atoms with Crippen molar-refractivity contribution in [3.63, 3.8) is 0 Å². The molecule has 0 radical (unpaired) electrons. The highest BCUT2D eigenvalue weighted by Crippen LogP contribution is 2.23. The van der Waals surface area contributed by atoms with Gasteiger partial charge in [0.15, 0.2) is 0 Å². The monoisotopic (exact) mass is 422 g/mol. The first-order valence-electron chi connectivity index (χ1n) is 10.9. The Morgan fingerprint density at radius 2 is 1.55 bits per heavy atom. The van der Waals surface area contributed by atoms with Gasteiger partial charge in [-0.2, -0.15) is 4.98 Å². The third-order valence-electron chi connectivity index (χ3n) is 6.20. The van der Waals surface area contributed by atoms with Crippen molar-refractivity contribution < 1.29 is 9.59 Å². The van der Waals surface area contributed by atoms with Crippen LogP contribution in [-0.4, -0.2) is 70.9 Å². The van der Waals surface area contributed by atoms with Crippen LogP contribution in [0.3, 0.4) is 0 Å². The number of aromatic nitrogens is 2. The van der Waals surface area contributed by atoms with Crippen molar-refractivity contribution >= 4 is 23.6 Å². The predicted molar refractivity (Wildman–Crippen MR) is 120 cm³/mol. The number of nitrogens with two attached hydrogens (primary N) is 1. The summed E-state index contributed by atoms with van der Waals surface area (Å²) in [6.45, 7) is 7.96. The second-order valence-corrected chi connectivity index (χ2v) is 8.47. The van der Waals surface area contributed by atoms with E-state index in [4.69, 9.17) is 5.73 Å². The fraction of sp³-hybridized carbons (Fsp3) is 0.478. The molecule has 164 valence electrons. The highest BCUT2D eigenvalue weighted by Gasteiger charge is 2.32.